The molecule has 0 N–H and O–H groups in total. The Morgan fingerprint density at radius 1 is 1.26 bits per heavy atom. The summed E-state index contributed by atoms with van der Waals surface area (Å²) >= 11 is 0. The van der Waals surface area contributed by atoms with Crippen molar-refractivity contribution in [1.29, 1.82) is 0 Å². The average molecular weight is 268 g/mol. The van der Waals surface area contributed by atoms with Crippen LogP contribution in [-0.4, -0.2) is 36.9 Å². The molecule has 2 unspecified atom stereocenters. The van der Waals surface area contributed by atoms with Crippen molar-refractivity contribution in [3.63, 3.8) is 0 Å². The molecule has 106 valence electrons. The van der Waals surface area contributed by atoms with Crippen LogP contribution in [0.4, 0.5) is 0 Å². The zero-order valence-electron chi connectivity index (χ0n) is 11.9. The van der Waals surface area contributed by atoms with Crippen LogP contribution in [0.2, 0.25) is 0 Å². The highest BCUT2D eigenvalue weighted by Crippen LogP contribution is 2.23. The standard InChI is InChI=1S/C14H20O5/c1-9(15)18-11-8-6-7-10(12(11)17-5)13(16)19-14(2,3)4/h6-8,11-12H,1-5H3. The normalized spacial score (nSPS) is 22.7. The maximum atomic E-state index is 12.1. The minimum Gasteiger partial charge on any atom is -0.457 e. The SMILES string of the molecule is COC1C(C(=O)OC(C)(C)C)=CC=CC1OC(C)=O. The van der Waals surface area contributed by atoms with Gasteiger partial charge in [-0.1, -0.05) is 6.08 Å². The van der Waals surface area contributed by atoms with E-state index in [2.05, 4.69) is 0 Å². The molecular formula is C14H20O5. The quantitative estimate of drug-likeness (QED) is 0.730. The van der Waals surface area contributed by atoms with Crippen LogP contribution in [0, 0.1) is 0 Å². The zero-order valence-corrected chi connectivity index (χ0v) is 11.9. The van der Waals surface area contributed by atoms with Crippen LogP contribution in [0.1, 0.15) is 27.7 Å². The predicted molar refractivity (Wildman–Crippen MR) is 69.4 cm³/mol. The molecule has 1 rings (SSSR count). The number of ether oxygens (including phenoxy) is 3. The third kappa shape index (κ3) is 4.52. The first-order chi connectivity index (χ1) is 8.74. The Labute approximate surface area is 113 Å². The highest BCUT2D eigenvalue weighted by Gasteiger charge is 2.34. The smallest absolute Gasteiger partial charge is 0.337 e. The molecule has 19 heavy (non-hydrogen) atoms. The van der Waals surface area contributed by atoms with E-state index in [0.717, 1.165) is 0 Å². The van der Waals surface area contributed by atoms with Gasteiger partial charge in [-0.2, -0.15) is 0 Å². The van der Waals surface area contributed by atoms with Gasteiger partial charge in [-0.25, -0.2) is 4.79 Å². The number of hydrogen-bond donors (Lipinski definition) is 0. The molecule has 0 saturated heterocycles. The van der Waals surface area contributed by atoms with Gasteiger partial charge in [-0.05, 0) is 32.9 Å². The maximum absolute atomic E-state index is 12.1. The van der Waals surface area contributed by atoms with Gasteiger partial charge in [-0.3, -0.25) is 4.79 Å². The van der Waals surface area contributed by atoms with Gasteiger partial charge >= 0.3 is 11.9 Å². The highest BCUT2D eigenvalue weighted by atomic mass is 16.6. The summed E-state index contributed by atoms with van der Waals surface area (Å²) in [5, 5.41) is 0. The topological polar surface area (TPSA) is 61.8 Å². The minimum absolute atomic E-state index is 0.339. The fourth-order valence-electron chi connectivity index (χ4n) is 1.72. The first kappa shape index (κ1) is 15.4. The summed E-state index contributed by atoms with van der Waals surface area (Å²) in [6, 6.07) is 0. The number of esters is 2. The molecule has 0 fully saturated rings. The molecule has 0 aromatic carbocycles. The van der Waals surface area contributed by atoms with Gasteiger partial charge < -0.3 is 14.2 Å². The van der Waals surface area contributed by atoms with Crippen LogP contribution in [0.15, 0.2) is 23.8 Å². The Morgan fingerprint density at radius 3 is 2.37 bits per heavy atom. The summed E-state index contributed by atoms with van der Waals surface area (Å²) in [6.45, 7) is 6.67. The third-order valence-electron chi connectivity index (χ3n) is 2.37. The molecule has 0 amide bonds. The number of methoxy groups -OCH3 is 1. The van der Waals surface area contributed by atoms with Crippen molar-refractivity contribution < 1.29 is 23.8 Å². The van der Waals surface area contributed by atoms with E-state index in [-0.39, 0.29) is 0 Å². The molecule has 5 heteroatoms. The van der Waals surface area contributed by atoms with E-state index in [4.69, 9.17) is 14.2 Å². The Kier molecular flexibility index (Phi) is 4.89. The molecule has 0 heterocycles. The summed E-state index contributed by atoms with van der Waals surface area (Å²) < 4.78 is 15.7. The molecule has 0 aromatic heterocycles. The van der Waals surface area contributed by atoms with Crippen molar-refractivity contribution in [2.24, 2.45) is 0 Å². The average Bonchev–Trinajstić information content (AvgIpc) is 2.25. The number of carbonyl (C=O) groups is 2. The molecule has 0 radical (unpaired) electrons. The number of hydrogen-bond acceptors (Lipinski definition) is 5. The van der Waals surface area contributed by atoms with Gasteiger partial charge in [0.1, 0.15) is 11.7 Å². The van der Waals surface area contributed by atoms with Crippen molar-refractivity contribution in [3.8, 4) is 0 Å². The second kappa shape index (κ2) is 6.02. The first-order valence-corrected chi connectivity index (χ1v) is 6.06. The predicted octanol–water partition coefficient (Wildman–Crippen LogP) is 1.77. The largest absolute Gasteiger partial charge is 0.457 e. The lowest BCUT2D eigenvalue weighted by molar-refractivity contribution is -0.156. The molecule has 0 saturated carbocycles. The zero-order chi connectivity index (χ0) is 14.6. The number of rotatable bonds is 3. The molecule has 5 nitrogen and oxygen atoms in total. The van der Waals surface area contributed by atoms with E-state index >= 15 is 0 Å². The van der Waals surface area contributed by atoms with Gasteiger partial charge in [0, 0.05) is 14.0 Å². The fourth-order valence-corrected chi connectivity index (χ4v) is 1.72. The Morgan fingerprint density at radius 2 is 1.89 bits per heavy atom. The molecular weight excluding hydrogens is 248 g/mol. The molecule has 2 atom stereocenters. The van der Waals surface area contributed by atoms with Gasteiger partial charge in [0.05, 0.1) is 5.57 Å². The van der Waals surface area contributed by atoms with Gasteiger partial charge in [0.2, 0.25) is 0 Å². The monoisotopic (exact) mass is 268 g/mol. The van der Waals surface area contributed by atoms with Crippen molar-refractivity contribution >= 4 is 11.9 Å². The van der Waals surface area contributed by atoms with E-state index in [1.165, 1.54) is 14.0 Å². The van der Waals surface area contributed by atoms with Crippen LogP contribution in [0.5, 0.6) is 0 Å². The summed E-state index contributed by atoms with van der Waals surface area (Å²) in [4.78, 5) is 23.1. The second-order valence-electron chi connectivity index (χ2n) is 5.24. The van der Waals surface area contributed by atoms with Crippen LogP contribution < -0.4 is 0 Å². The fraction of sp³-hybridized carbons (Fsp3) is 0.571. The minimum atomic E-state index is -0.649. The van der Waals surface area contributed by atoms with Crippen LogP contribution >= 0.6 is 0 Å². The van der Waals surface area contributed by atoms with Gasteiger partial charge in [0.25, 0.3) is 0 Å². The molecule has 0 aliphatic heterocycles. The van der Waals surface area contributed by atoms with Crippen molar-refractivity contribution in [1.82, 2.24) is 0 Å². The van der Waals surface area contributed by atoms with E-state index in [1.807, 2.05) is 0 Å². The second-order valence-corrected chi connectivity index (χ2v) is 5.24. The van der Waals surface area contributed by atoms with Crippen molar-refractivity contribution in [3.05, 3.63) is 23.8 Å². The summed E-state index contributed by atoms with van der Waals surface area (Å²) in [6.07, 6.45) is 3.67. The Bertz CT molecular complexity index is 414. The van der Waals surface area contributed by atoms with E-state index in [0.29, 0.717) is 5.57 Å². The third-order valence-corrected chi connectivity index (χ3v) is 2.37. The number of carbonyl (C=O) groups excluding carboxylic acids is 2. The van der Waals surface area contributed by atoms with E-state index in [9.17, 15) is 9.59 Å². The van der Waals surface area contributed by atoms with Crippen LogP contribution in [0.25, 0.3) is 0 Å². The maximum Gasteiger partial charge on any atom is 0.337 e. The first-order valence-electron chi connectivity index (χ1n) is 6.06. The van der Waals surface area contributed by atoms with Crippen LogP contribution in [-0.2, 0) is 23.8 Å². The number of allylic oxidation sites excluding steroid dienone is 2. The molecule has 1 aliphatic rings. The molecule has 0 aromatic rings. The van der Waals surface area contributed by atoms with Gasteiger partial charge in [0.15, 0.2) is 6.10 Å². The lowest BCUT2D eigenvalue weighted by Gasteiger charge is -2.28. The summed E-state index contributed by atoms with van der Waals surface area (Å²) in [5.41, 5.74) is -0.250. The Hall–Kier alpha value is -1.62. The summed E-state index contributed by atoms with van der Waals surface area (Å²) in [7, 11) is 1.46. The van der Waals surface area contributed by atoms with E-state index in [1.54, 1.807) is 39.0 Å². The molecule has 0 spiro atoms. The van der Waals surface area contributed by atoms with Crippen molar-refractivity contribution in [2.75, 3.05) is 7.11 Å². The summed E-state index contributed by atoms with van der Waals surface area (Å²) in [5.74, 6) is -0.900. The molecule has 1 aliphatic carbocycles. The van der Waals surface area contributed by atoms with E-state index < -0.39 is 29.7 Å². The van der Waals surface area contributed by atoms with Crippen molar-refractivity contribution in [2.45, 2.75) is 45.5 Å². The van der Waals surface area contributed by atoms with Crippen LogP contribution in [0.3, 0.4) is 0 Å². The lowest BCUT2D eigenvalue weighted by Crippen LogP contribution is -2.38. The Balaban J connectivity index is 2.87. The lowest BCUT2D eigenvalue weighted by atomic mass is 9.98. The molecule has 0 bridgehead atoms. The highest BCUT2D eigenvalue weighted by molar-refractivity contribution is 5.91. The van der Waals surface area contributed by atoms with Gasteiger partial charge in [-0.15, -0.1) is 0 Å².